The van der Waals surface area contributed by atoms with Crippen LogP contribution in [0.3, 0.4) is 0 Å². The van der Waals surface area contributed by atoms with Gasteiger partial charge in [-0.15, -0.1) is 0 Å². The number of nitrogens with two attached hydrogens (primary N) is 1. The normalized spacial score (nSPS) is 21.6. The number of aromatic carboxylic acids is 1. The third-order valence-electron chi connectivity index (χ3n) is 3.55. The first-order valence-corrected chi connectivity index (χ1v) is 5.74. The molecule has 0 atom stereocenters. The van der Waals surface area contributed by atoms with Crippen molar-refractivity contribution in [3.05, 3.63) is 17.2 Å². The fraction of sp³-hybridized carbons (Fsp3) is 0.636. The summed E-state index contributed by atoms with van der Waals surface area (Å²) in [6, 6.07) is 0. The number of rotatable bonds is 2. The zero-order valence-corrected chi connectivity index (χ0v) is 9.07. The fourth-order valence-corrected chi connectivity index (χ4v) is 2.45. The van der Waals surface area contributed by atoms with E-state index in [4.69, 9.17) is 10.8 Å². The number of aromatic nitrogens is 2. The van der Waals surface area contributed by atoms with Crippen molar-refractivity contribution in [1.29, 1.82) is 0 Å². The molecule has 86 valence electrons. The van der Waals surface area contributed by atoms with Gasteiger partial charge >= 0.3 is 5.97 Å². The maximum absolute atomic E-state index is 11.1. The summed E-state index contributed by atoms with van der Waals surface area (Å²) in [5, 5.41) is 9.12. The average Bonchev–Trinajstić information content (AvgIpc) is 2.89. The summed E-state index contributed by atoms with van der Waals surface area (Å²) in [4.78, 5) is 15.4. The topological polar surface area (TPSA) is 81.1 Å². The molecule has 0 unspecified atom stereocenters. The number of carboxylic acids is 1. The highest BCUT2D eigenvalue weighted by atomic mass is 16.4. The van der Waals surface area contributed by atoms with Gasteiger partial charge in [-0.05, 0) is 32.1 Å². The van der Waals surface area contributed by atoms with Gasteiger partial charge in [-0.1, -0.05) is 0 Å². The molecule has 0 saturated heterocycles. The maximum Gasteiger partial charge on any atom is 0.356 e. The van der Waals surface area contributed by atoms with Gasteiger partial charge in [-0.3, -0.25) is 0 Å². The predicted molar refractivity (Wildman–Crippen MR) is 57.2 cm³/mol. The van der Waals surface area contributed by atoms with E-state index < -0.39 is 5.97 Å². The van der Waals surface area contributed by atoms with Crippen LogP contribution in [0.25, 0.3) is 0 Å². The molecule has 3 rings (SSSR count). The van der Waals surface area contributed by atoms with Gasteiger partial charge in [0.15, 0.2) is 5.69 Å². The van der Waals surface area contributed by atoms with Crippen LogP contribution in [0.15, 0.2) is 0 Å². The van der Waals surface area contributed by atoms with Crippen LogP contribution >= 0.6 is 0 Å². The first kappa shape index (κ1) is 9.84. The standard InChI is InChI=1S/C11H15N3O2/c12-11(4-5-11)10-13-8(9(15)16)7-3-1-2-6-14(7)10/h1-6,12H2,(H,15,16). The van der Waals surface area contributed by atoms with E-state index in [1.807, 2.05) is 4.57 Å². The van der Waals surface area contributed by atoms with E-state index in [-0.39, 0.29) is 11.2 Å². The lowest BCUT2D eigenvalue weighted by Gasteiger charge is -2.19. The molecular formula is C11H15N3O2. The van der Waals surface area contributed by atoms with Crippen molar-refractivity contribution in [2.75, 3.05) is 0 Å². The average molecular weight is 221 g/mol. The monoisotopic (exact) mass is 221 g/mol. The zero-order valence-electron chi connectivity index (χ0n) is 9.07. The van der Waals surface area contributed by atoms with Gasteiger partial charge in [0, 0.05) is 6.54 Å². The molecule has 0 spiro atoms. The highest BCUT2D eigenvalue weighted by Gasteiger charge is 2.45. The Morgan fingerprint density at radius 1 is 1.44 bits per heavy atom. The minimum absolute atomic E-state index is 0.214. The fourth-order valence-electron chi connectivity index (χ4n) is 2.45. The van der Waals surface area contributed by atoms with E-state index in [1.165, 1.54) is 0 Å². The van der Waals surface area contributed by atoms with Gasteiger partial charge in [-0.2, -0.15) is 0 Å². The van der Waals surface area contributed by atoms with Gasteiger partial charge in [0.1, 0.15) is 5.82 Å². The maximum atomic E-state index is 11.1. The molecule has 1 saturated carbocycles. The third-order valence-corrected chi connectivity index (χ3v) is 3.55. The predicted octanol–water partition coefficient (Wildman–Crippen LogP) is 0.865. The van der Waals surface area contributed by atoms with Crippen LogP contribution in [0, 0.1) is 0 Å². The summed E-state index contributed by atoms with van der Waals surface area (Å²) in [5.74, 6) is -0.138. The van der Waals surface area contributed by atoms with Gasteiger partial charge in [-0.25, -0.2) is 9.78 Å². The van der Waals surface area contributed by atoms with Crippen LogP contribution in [-0.2, 0) is 18.5 Å². The van der Waals surface area contributed by atoms with Crippen molar-refractivity contribution in [2.45, 2.75) is 44.2 Å². The van der Waals surface area contributed by atoms with Crippen molar-refractivity contribution in [1.82, 2.24) is 9.55 Å². The number of fused-ring (bicyclic) bond motifs is 1. The minimum atomic E-state index is -0.929. The quantitative estimate of drug-likeness (QED) is 0.776. The third kappa shape index (κ3) is 1.28. The molecule has 0 amide bonds. The van der Waals surface area contributed by atoms with E-state index in [1.54, 1.807) is 0 Å². The van der Waals surface area contributed by atoms with E-state index in [0.717, 1.165) is 50.2 Å². The summed E-state index contributed by atoms with van der Waals surface area (Å²) in [6.45, 7) is 0.865. The molecule has 0 bridgehead atoms. The van der Waals surface area contributed by atoms with Gasteiger partial charge in [0.05, 0.1) is 11.2 Å². The zero-order chi connectivity index (χ0) is 11.3. The number of nitrogens with zero attached hydrogens (tertiary/aromatic N) is 2. The molecule has 1 aromatic heterocycles. The Morgan fingerprint density at radius 3 is 2.81 bits per heavy atom. The van der Waals surface area contributed by atoms with Crippen LogP contribution in [0.2, 0.25) is 0 Å². The molecule has 1 aliphatic heterocycles. The molecule has 1 fully saturated rings. The summed E-state index contributed by atoms with van der Waals surface area (Å²) >= 11 is 0. The molecule has 0 radical (unpaired) electrons. The number of carboxylic acid groups (broad SMARTS) is 1. The summed E-state index contributed by atoms with van der Waals surface area (Å²) in [7, 11) is 0. The van der Waals surface area contributed by atoms with Crippen molar-refractivity contribution in [2.24, 2.45) is 5.73 Å². The molecule has 0 aromatic carbocycles. The Labute approximate surface area is 93.3 Å². The van der Waals surface area contributed by atoms with Crippen molar-refractivity contribution in [3.63, 3.8) is 0 Å². The second kappa shape index (κ2) is 3.07. The van der Waals surface area contributed by atoms with E-state index in [2.05, 4.69) is 4.98 Å². The van der Waals surface area contributed by atoms with Crippen LogP contribution in [-0.4, -0.2) is 20.6 Å². The second-order valence-electron chi connectivity index (χ2n) is 4.80. The summed E-state index contributed by atoms with van der Waals surface area (Å²) in [6.07, 6.45) is 4.78. The van der Waals surface area contributed by atoms with E-state index >= 15 is 0 Å². The van der Waals surface area contributed by atoms with E-state index in [9.17, 15) is 4.79 Å². The molecule has 16 heavy (non-hydrogen) atoms. The summed E-state index contributed by atoms with van der Waals surface area (Å²) in [5.41, 5.74) is 6.86. The number of imidazole rings is 1. The molecule has 2 aliphatic rings. The van der Waals surface area contributed by atoms with Crippen LogP contribution in [0.4, 0.5) is 0 Å². The highest BCUT2D eigenvalue weighted by molar-refractivity contribution is 5.87. The molecule has 1 aliphatic carbocycles. The number of hydrogen-bond donors (Lipinski definition) is 2. The molecular weight excluding hydrogens is 206 g/mol. The van der Waals surface area contributed by atoms with Crippen LogP contribution in [0.5, 0.6) is 0 Å². The molecule has 3 N–H and O–H groups in total. The van der Waals surface area contributed by atoms with Crippen molar-refractivity contribution < 1.29 is 9.90 Å². The first-order chi connectivity index (χ1) is 7.62. The van der Waals surface area contributed by atoms with E-state index in [0.29, 0.717) is 0 Å². The lowest BCUT2D eigenvalue weighted by Crippen LogP contribution is -2.26. The Kier molecular flexibility index (Phi) is 1.89. The Hall–Kier alpha value is -1.36. The second-order valence-corrected chi connectivity index (χ2v) is 4.80. The molecule has 1 aromatic rings. The van der Waals surface area contributed by atoms with Gasteiger partial charge in [0.2, 0.25) is 0 Å². The Balaban J connectivity index is 2.15. The summed E-state index contributed by atoms with van der Waals surface area (Å²) < 4.78 is 2.04. The highest BCUT2D eigenvalue weighted by Crippen LogP contribution is 2.43. The van der Waals surface area contributed by atoms with Gasteiger partial charge in [0.25, 0.3) is 0 Å². The minimum Gasteiger partial charge on any atom is -0.476 e. The smallest absolute Gasteiger partial charge is 0.356 e. The van der Waals surface area contributed by atoms with Gasteiger partial charge < -0.3 is 15.4 Å². The molecule has 2 heterocycles. The Morgan fingerprint density at radius 2 is 2.19 bits per heavy atom. The largest absolute Gasteiger partial charge is 0.476 e. The first-order valence-electron chi connectivity index (χ1n) is 5.74. The number of carbonyl (C=O) groups is 1. The SMILES string of the molecule is NC1(c2nc(C(=O)O)c3n2CCCC3)CC1. The van der Waals surface area contributed by atoms with Crippen LogP contribution < -0.4 is 5.73 Å². The molecule has 5 heteroatoms. The van der Waals surface area contributed by atoms with Crippen molar-refractivity contribution >= 4 is 5.97 Å². The lowest BCUT2D eigenvalue weighted by atomic mass is 10.1. The van der Waals surface area contributed by atoms with Crippen LogP contribution in [0.1, 0.15) is 47.7 Å². The molecule has 5 nitrogen and oxygen atoms in total. The Bertz CT molecular complexity index is 460. The van der Waals surface area contributed by atoms with Crippen molar-refractivity contribution in [3.8, 4) is 0 Å². The number of hydrogen-bond acceptors (Lipinski definition) is 3. The lowest BCUT2D eigenvalue weighted by molar-refractivity contribution is 0.0689.